The summed E-state index contributed by atoms with van der Waals surface area (Å²) in [6.07, 6.45) is 0. The van der Waals surface area contributed by atoms with Crippen LogP contribution in [0, 0.1) is 12.7 Å². The smallest absolute Gasteiger partial charge is 0.354 e. The first-order valence-corrected chi connectivity index (χ1v) is 5.28. The molecule has 0 saturated heterocycles. The second-order valence-corrected chi connectivity index (χ2v) is 3.44. The van der Waals surface area contributed by atoms with Crippen LogP contribution in [0.4, 0.5) is 10.1 Å². The molecule has 0 aliphatic carbocycles. The van der Waals surface area contributed by atoms with Crippen LogP contribution in [0.3, 0.4) is 0 Å². The molecule has 0 aliphatic rings. The van der Waals surface area contributed by atoms with Crippen LogP contribution in [-0.4, -0.2) is 18.3 Å². The van der Waals surface area contributed by atoms with Crippen LogP contribution in [0.2, 0.25) is 0 Å². The number of nitrogens with one attached hydrogen (secondary N) is 1. The Hall–Kier alpha value is -1.91. The van der Waals surface area contributed by atoms with Gasteiger partial charge in [0.05, 0.1) is 12.3 Å². The van der Waals surface area contributed by atoms with E-state index in [0.717, 1.165) is 0 Å². The fourth-order valence-electron chi connectivity index (χ4n) is 1.15. The molecular weight excluding hydrogens is 223 g/mol. The number of rotatable bonds is 4. The number of hydrogen-bond acceptors (Lipinski definition) is 4. The molecule has 0 radical (unpaired) electrons. The topological polar surface area (TPSA) is 50.7 Å². The van der Waals surface area contributed by atoms with Crippen molar-refractivity contribution in [1.82, 2.24) is 0 Å². The van der Waals surface area contributed by atoms with Crippen LogP contribution in [0.25, 0.3) is 0 Å². The van der Waals surface area contributed by atoms with Crippen LogP contribution in [-0.2, 0) is 9.53 Å². The van der Waals surface area contributed by atoms with Crippen molar-refractivity contribution in [1.29, 1.82) is 0 Å². The third kappa shape index (κ3) is 3.55. The Morgan fingerprint density at radius 1 is 1.53 bits per heavy atom. The number of anilines is 1. The SMILES string of the molecule is CCOC(=O)/C(C)=N/Nc1cccc(F)c1C. The van der Waals surface area contributed by atoms with E-state index >= 15 is 0 Å². The Morgan fingerprint density at radius 2 is 2.24 bits per heavy atom. The van der Waals surface area contributed by atoms with Crippen molar-refractivity contribution < 1.29 is 13.9 Å². The predicted molar refractivity (Wildman–Crippen MR) is 64.5 cm³/mol. The van der Waals surface area contributed by atoms with Crippen molar-refractivity contribution in [3.63, 3.8) is 0 Å². The van der Waals surface area contributed by atoms with Crippen LogP contribution < -0.4 is 5.43 Å². The summed E-state index contributed by atoms with van der Waals surface area (Å²) in [5, 5.41) is 3.84. The molecule has 1 rings (SSSR count). The average molecular weight is 238 g/mol. The maximum Gasteiger partial charge on any atom is 0.354 e. The quantitative estimate of drug-likeness (QED) is 0.498. The zero-order chi connectivity index (χ0) is 12.8. The summed E-state index contributed by atoms with van der Waals surface area (Å²) in [6.45, 7) is 5.17. The van der Waals surface area contributed by atoms with Crippen LogP contribution in [0.15, 0.2) is 23.3 Å². The van der Waals surface area contributed by atoms with Crippen molar-refractivity contribution in [2.75, 3.05) is 12.0 Å². The minimum Gasteiger partial charge on any atom is -0.461 e. The molecule has 0 fully saturated rings. The number of nitrogens with zero attached hydrogens (tertiary/aromatic N) is 1. The summed E-state index contributed by atoms with van der Waals surface area (Å²) in [4.78, 5) is 11.2. The van der Waals surface area contributed by atoms with Crippen LogP contribution in [0.1, 0.15) is 19.4 Å². The predicted octanol–water partition coefficient (Wildman–Crippen LogP) is 2.49. The molecule has 0 heterocycles. The van der Waals surface area contributed by atoms with Gasteiger partial charge < -0.3 is 4.74 Å². The van der Waals surface area contributed by atoms with Gasteiger partial charge in [0.15, 0.2) is 0 Å². The van der Waals surface area contributed by atoms with Gasteiger partial charge in [0.2, 0.25) is 0 Å². The molecule has 1 aromatic carbocycles. The highest BCUT2D eigenvalue weighted by molar-refractivity contribution is 6.35. The molecule has 17 heavy (non-hydrogen) atoms. The molecule has 0 saturated carbocycles. The minimum absolute atomic E-state index is 0.190. The number of hydrazone groups is 1. The van der Waals surface area contributed by atoms with Crippen molar-refractivity contribution in [3.8, 4) is 0 Å². The lowest BCUT2D eigenvalue weighted by molar-refractivity contribution is -0.135. The molecule has 0 bridgehead atoms. The Morgan fingerprint density at radius 3 is 2.88 bits per heavy atom. The molecule has 0 aromatic heterocycles. The summed E-state index contributed by atoms with van der Waals surface area (Å²) in [6, 6.07) is 4.61. The van der Waals surface area contributed by atoms with Crippen molar-refractivity contribution in [3.05, 3.63) is 29.6 Å². The molecule has 0 unspecified atom stereocenters. The molecule has 92 valence electrons. The minimum atomic E-state index is -0.492. The van der Waals surface area contributed by atoms with E-state index in [1.807, 2.05) is 0 Å². The lowest BCUT2D eigenvalue weighted by atomic mass is 10.2. The van der Waals surface area contributed by atoms with Gasteiger partial charge in [-0.05, 0) is 32.9 Å². The van der Waals surface area contributed by atoms with E-state index in [0.29, 0.717) is 17.9 Å². The van der Waals surface area contributed by atoms with Gasteiger partial charge in [0.1, 0.15) is 11.5 Å². The lowest BCUT2D eigenvalue weighted by Gasteiger charge is -2.06. The maximum absolute atomic E-state index is 13.2. The molecule has 0 aliphatic heterocycles. The van der Waals surface area contributed by atoms with Gasteiger partial charge in [-0.25, -0.2) is 9.18 Å². The fourth-order valence-corrected chi connectivity index (χ4v) is 1.15. The summed E-state index contributed by atoms with van der Waals surface area (Å²) < 4.78 is 18.0. The molecule has 1 aromatic rings. The highest BCUT2D eigenvalue weighted by Crippen LogP contribution is 2.17. The lowest BCUT2D eigenvalue weighted by Crippen LogP contribution is -2.15. The fraction of sp³-hybridized carbons (Fsp3) is 0.333. The maximum atomic E-state index is 13.2. The zero-order valence-electron chi connectivity index (χ0n) is 10.1. The van der Waals surface area contributed by atoms with E-state index in [4.69, 9.17) is 4.74 Å². The monoisotopic (exact) mass is 238 g/mol. The Bertz CT molecular complexity index is 444. The van der Waals surface area contributed by atoms with Gasteiger partial charge >= 0.3 is 5.97 Å². The second-order valence-electron chi connectivity index (χ2n) is 3.44. The van der Waals surface area contributed by atoms with Crippen molar-refractivity contribution in [2.24, 2.45) is 5.10 Å². The summed E-state index contributed by atoms with van der Waals surface area (Å²) in [5.41, 5.74) is 3.80. The third-order valence-electron chi connectivity index (χ3n) is 2.18. The third-order valence-corrected chi connectivity index (χ3v) is 2.18. The first-order valence-electron chi connectivity index (χ1n) is 5.28. The van der Waals surface area contributed by atoms with Gasteiger partial charge in [0, 0.05) is 5.56 Å². The molecular formula is C12H15FN2O2. The summed E-state index contributed by atoms with van der Waals surface area (Å²) >= 11 is 0. The highest BCUT2D eigenvalue weighted by atomic mass is 19.1. The number of ether oxygens (including phenoxy) is 1. The van der Waals surface area contributed by atoms with E-state index < -0.39 is 5.97 Å². The van der Waals surface area contributed by atoms with Gasteiger partial charge in [0.25, 0.3) is 0 Å². The second kappa shape index (κ2) is 5.98. The number of benzene rings is 1. The molecule has 5 heteroatoms. The Kier molecular flexibility index (Phi) is 4.63. The molecule has 0 atom stereocenters. The number of carbonyl (C=O) groups excluding carboxylic acids is 1. The highest BCUT2D eigenvalue weighted by Gasteiger charge is 2.07. The number of carbonyl (C=O) groups is 1. The molecule has 0 spiro atoms. The van der Waals surface area contributed by atoms with Crippen molar-refractivity contribution >= 4 is 17.4 Å². The van der Waals surface area contributed by atoms with Crippen molar-refractivity contribution in [2.45, 2.75) is 20.8 Å². The number of hydrogen-bond donors (Lipinski definition) is 1. The van der Waals surface area contributed by atoms with Crippen LogP contribution in [0.5, 0.6) is 0 Å². The van der Waals surface area contributed by atoms with Gasteiger partial charge in [-0.1, -0.05) is 6.07 Å². The zero-order valence-corrected chi connectivity index (χ0v) is 10.1. The van der Waals surface area contributed by atoms with E-state index in [-0.39, 0.29) is 11.5 Å². The Balaban J connectivity index is 2.75. The van der Waals surface area contributed by atoms with Gasteiger partial charge in [-0.3, -0.25) is 5.43 Å². The van der Waals surface area contributed by atoms with E-state index in [1.54, 1.807) is 26.0 Å². The van der Waals surface area contributed by atoms with E-state index in [9.17, 15) is 9.18 Å². The first kappa shape index (κ1) is 13.2. The van der Waals surface area contributed by atoms with Crippen LogP contribution >= 0.6 is 0 Å². The standard InChI is InChI=1S/C12H15FN2O2/c1-4-17-12(16)9(3)14-15-11-7-5-6-10(13)8(11)2/h5-7,15H,4H2,1-3H3/b14-9+. The summed E-state index contributed by atoms with van der Waals surface area (Å²) in [7, 11) is 0. The Labute approximate surface area is 99.5 Å². The van der Waals surface area contributed by atoms with E-state index in [2.05, 4.69) is 10.5 Å². The van der Waals surface area contributed by atoms with Gasteiger partial charge in [-0.15, -0.1) is 0 Å². The average Bonchev–Trinajstić information content (AvgIpc) is 2.31. The number of esters is 1. The first-order chi connectivity index (χ1) is 8.06. The largest absolute Gasteiger partial charge is 0.461 e. The molecule has 4 nitrogen and oxygen atoms in total. The summed E-state index contributed by atoms with van der Waals surface area (Å²) in [5.74, 6) is -0.812. The normalized spacial score (nSPS) is 11.2. The van der Waals surface area contributed by atoms with Gasteiger partial charge in [-0.2, -0.15) is 5.10 Å². The molecule has 1 N–H and O–H groups in total. The van der Waals surface area contributed by atoms with E-state index in [1.165, 1.54) is 13.0 Å². The number of halogens is 1. The molecule has 0 amide bonds.